The summed E-state index contributed by atoms with van der Waals surface area (Å²) < 4.78 is 0. The predicted octanol–water partition coefficient (Wildman–Crippen LogP) is 2.45. The monoisotopic (exact) mass is 240 g/mol. The predicted molar refractivity (Wildman–Crippen MR) is 71.6 cm³/mol. The van der Waals surface area contributed by atoms with Crippen LogP contribution in [0.4, 0.5) is 0 Å². The van der Waals surface area contributed by atoms with Gasteiger partial charge in [0, 0.05) is 19.0 Å². The Bertz CT molecular complexity index is 243. The molecule has 3 N–H and O–H groups in total. The number of carbonyl (C=O) groups excluding carboxylic acids is 1. The molecular weight excluding hydrogens is 212 g/mol. The van der Waals surface area contributed by atoms with Gasteiger partial charge in [0.25, 0.3) is 0 Å². The van der Waals surface area contributed by atoms with Crippen molar-refractivity contribution in [3.8, 4) is 0 Å². The molecule has 0 aromatic carbocycles. The van der Waals surface area contributed by atoms with Crippen molar-refractivity contribution in [3.63, 3.8) is 0 Å². The van der Waals surface area contributed by atoms with Gasteiger partial charge >= 0.3 is 0 Å². The lowest BCUT2D eigenvalue weighted by Gasteiger charge is -2.31. The van der Waals surface area contributed by atoms with E-state index >= 15 is 0 Å². The van der Waals surface area contributed by atoms with Gasteiger partial charge in [-0.05, 0) is 37.5 Å². The minimum atomic E-state index is 0.114. The van der Waals surface area contributed by atoms with Gasteiger partial charge in [-0.3, -0.25) is 4.79 Å². The highest BCUT2D eigenvalue weighted by Crippen LogP contribution is 2.38. The number of nitrogens with two attached hydrogens (primary N) is 1. The molecule has 0 aromatic heterocycles. The van der Waals surface area contributed by atoms with E-state index in [2.05, 4.69) is 19.2 Å². The quantitative estimate of drug-likeness (QED) is 0.749. The van der Waals surface area contributed by atoms with Gasteiger partial charge in [0.05, 0.1) is 0 Å². The van der Waals surface area contributed by atoms with Crippen LogP contribution in [0.2, 0.25) is 0 Å². The van der Waals surface area contributed by atoms with E-state index in [4.69, 9.17) is 5.73 Å². The zero-order chi connectivity index (χ0) is 12.9. The maximum Gasteiger partial charge on any atom is 0.220 e. The zero-order valence-corrected chi connectivity index (χ0v) is 11.6. The Hall–Kier alpha value is -0.570. The average Bonchev–Trinajstić information content (AvgIpc) is 2.77. The van der Waals surface area contributed by atoms with Gasteiger partial charge in [0.15, 0.2) is 0 Å². The van der Waals surface area contributed by atoms with Gasteiger partial charge < -0.3 is 11.1 Å². The summed E-state index contributed by atoms with van der Waals surface area (Å²) in [5.41, 5.74) is 5.88. The van der Waals surface area contributed by atoms with Crippen molar-refractivity contribution in [3.05, 3.63) is 0 Å². The van der Waals surface area contributed by atoms with Crippen molar-refractivity contribution >= 4 is 5.91 Å². The minimum absolute atomic E-state index is 0.114. The summed E-state index contributed by atoms with van der Waals surface area (Å²) >= 11 is 0. The summed E-state index contributed by atoms with van der Waals surface area (Å²) in [6.07, 6.45) is 6.68. The van der Waals surface area contributed by atoms with E-state index in [0.29, 0.717) is 6.42 Å². The number of hydrogen-bond donors (Lipinski definition) is 2. The minimum Gasteiger partial charge on any atom is -0.356 e. The topological polar surface area (TPSA) is 55.1 Å². The molecule has 17 heavy (non-hydrogen) atoms. The molecule has 1 aliphatic rings. The smallest absolute Gasteiger partial charge is 0.220 e. The molecule has 1 rings (SSSR count). The van der Waals surface area contributed by atoms with Crippen molar-refractivity contribution < 1.29 is 4.79 Å². The fourth-order valence-electron chi connectivity index (χ4n) is 2.63. The molecule has 0 aromatic rings. The van der Waals surface area contributed by atoms with E-state index in [-0.39, 0.29) is 17.4 Å². The molecule has 0 radical (unpaired) electrons. The van der Waals surface area contributed by atoms with Gasteiger partial charge in [0.2, 0.25) is 5.91 Å². The highest BCUT2D eigenvalue weighted by Gasteiger charge is 2.31. The molecule has 1 atom stereocenters. The standard InChI is InChI=1S/C14H28N2O/c1-11(15)8-9-13(17)16-10-14(2,3)12-6-4-5-7-12/h11-12H,4-10,15H2,1-3H3,(H,16,17). The molecule has 0 saturated heterocycles. The molecule has 1 fully saturated rings. The Labute approximate surface area is 106 Å². The second-order valence-electron chi connectivity index (χ2n) is 6.26. The molecule has 1 saturated carbocycles. The van der Waals surface area contributed by atoms with Crippen LogP contribution in [0.25, 0.3) is 0 Å². The Morgan fingerprint density at radius 1 is 1.41 bits per heavy atom. The molecular formula is C14H28N2O. The van der Waals surface area contributed by atoms with Crippen LogP contribution in [0.15, 0.2) is 0 Å². The lowest BCUT2D eigenvalue weighted by atomic mass is 9.77. The highest BCUT2D eigenvalue weighted by molar-refractivity contribution is 5.75. The summed E-state index contributed by atoms with van der Waals surface area (Å²) in [4.78, 5) is 11.6. The van der Waals surface area contributed by atoms with Gasteiger partial charge in [-0.15, -0.1) is 0 Å². The third-order valence-corrected chi connectivity index (χ3v) is 4.03. The van der Waals surface area contributed by atoms with Crippen LogP contribution >= 0.6 is 0 Å². The van der Waals surface area contributed by atoms with Crippen LogP contribution in [-0.4, -0.2) is 18.5 Å². The molecule has 0 spiro atoms. The number of rotatable bonds is 6. The Morgan fingerprint density at radius 2 is 2.00 bits per heavy atom. The fourth-order valence-corrected chi connectivity index (χ4v) is 2.63. The first kappa shape index (κ1) is 14.5. The Balaban J connectivity index is 2.26. The molecule has 3 heteroatoms. The summed E-state index contributed by atoms with van der Waals surface area (Å²) in [6.45, 7) is 7.29. The third kappa shape index (κ3) is 5.07. The van der Waals surface area contributed by atoms with Gasteiger partial charge in [-0.2, -0.15) is 0 Å². The van der Waals surface area contributed by atoms with Crippen LogP contribution in [0, 0.1) is 11.3 Å². The Kier molecular flexibility index (Phi) is 5.44. The first-order chi connectivity index (χ1) is 7.92. The van der Waals surface area contributed by atoms with Crippen molar-refractivity contribution in [1.29, 1.82) is 0 Å². The van der Waals surface area contributed by atoms with Crippen LogP contribution in [0.5, 0.6) is 0 Å². The van der Waals surface area contributed by atoms with E-state index in [1.807, 2.05) is 6.92 Å². The van der Waals surface area contributed by atoms with Gasteiger partial charge in [0.1, 0.15) is 0 Å². The van der Waals surface area contributed by atoms with E-state index < -0.39 is 0 Å². The summed E-state index contributed by atoms with van der Waals surface area (Å²) in [6, 6.07) is 0.114. The van der Waals surface area contributed by atoms with Crippen molar-refractivity contribution in [2.24, 2.45) is 17.1 Å². The van der Waals surface area contributed by atoms with E-state index in [1.54, 1.807) is 0 Å². The molecule has 100 valence electrons. The van der Waals surface area contributed by atoms with Crippen molar-refractivity contribution in [1.82, 2.24) is 5.32 Å². The zero-order valence-electron chi connectivity index (χ0n) is 11.6. The average molecular weight is 240 g/mol. The van der Waals surface area contributed by atoms with Crippen LogP contribution in [0.1, 0.15) is 59.3 Å². The molecule has 1 aliphatic carbocycles. The maximum atomic E-state index is 11.6. The summed E-state index contributed by atoms with van der Waals surface area (Å²) in [5.74, 6) is 0.921. The number of carbonyl (C=O) groups is 1. The van der Waals surface area contributed by atoms with E-state index in [9.17, 15) is 4.79 Å². The van der Waals surface area contributed by atoms with Crippen molar-refractivity contribution in [2.75, 3.05) is 6.54 Å². The van der Waals surface area contributed by atoms with Crippen LogP contribution in [-0.2, 0) is 4.79 Å². The second kappa shape index (κ2) is 6.39. The number of hydrogen-bond acceptors (Lipinski definition) is 2. The SMILES string of the molecule is CC(N)CCC(=O)NCC(C)(C)C1CCCC1. The molecule has 0 bridgehead atoms. The molecule has 0 heterocycles. The molecule has 0 aliphatic heterocycles. The molecule has 1 amide bonds. The summed E-state index contributed by atoms with van der Waals surface area (Å²) in [5, 5.41) is 3.06. The lowest BCUT2D eigenvalue weighted by Crippen LogP contribution is -2.38. The first-order valence-electron chi connectivity index (χ1n) is 6.94. The second-order valence-corrected chi connectivity index (χ2v) is 6.26. The number of nitrogens with one attached hydrogen (secondary N) is 1. The van der Waals surface area contributed by atoms with E-state index in [0.717, 1.165) is 18.9 Å². The maximum absolute atomic E-state index is 11.6. The largest absolute Gasteiger partial charge is 0.356 e. The first-order valence-corrected chi connectivity index (χ1v) is 6.94. The fraction of sp³-hybridized carbons (Fsp3) is 0.929. The van der Waals surface area contributed by atoms with Crippen molar-refractivity contribution in [2.45, 2.75) is 65.3 Å². The normalized spacial score (nSPS) is 19.3. The molecule has 1 unspecified atom stereocenters. The molecule has 3 nitrogen and oxygen atoms in total. The summed E-state index contributed by atoms with van der Waals surface area (Å²) in [7, 11) is 0. The Morgan fingerprint density at radius 3 is 2.53 bits per heavy atom. The van der Waals surface area contributed by atoms with Gasteiger partial charge in [-0.25, -0.2) is 0 Å². The lowest BCUT2D eigenvalue weighted by molar-refractivity contribution is -0.121. The highest BCUT2D eigenvalue weighted by atomic mass is 16.1. The van der Waals surface area contributed by atoms with Crippen LogP contribution in [0.3, 0.4) is 0 Å². The number of amides is 1. The third-order valence-electron chi connectivity index (χ3n) is 4.03. The van der Waals surface area contributed by atoms with E-state index in [1.165, 1.54) is 25.7 Å². The van der Waals surface area contributed by atoms with Gasteiger partial charge in [-0.1, -0.05) is 26.7 Å². The van der Waals surface area contributed by atoms with Crippen LogP contribution < -0.4 is 11.1 Å².